The van der Waals surface area contributed by atoms with E-state index in [4.69, 9.17) is 9.05 Å². The van der Waals surface area contributed by atoms with E-state index in [2.05, 4.69) is 79.9 Å². The second-order valence-electron chi connectivity index (χ2n) is 25.6. The molecule has 0 saturated carbocycles. The number of hydrogen-bond acceptors (Lipinski definition) is 6. The van der Waals surface area contributed by atoms with Crippen LogP contribution in [0.1, 0.15) is 348 Å². The van der Waals surface area contributed by atoms with Gasteiger partial charge in [0.05, 0.1) is 39.9 Å². The van der Waals surface area contributed by atoms with Crippen molar-refractivity contribution in [3.05, 3.63) is 60.8 Å². The van der Waals surface area contributed by atoms with Crippen molar-refractivity contribution in [2.45, 2.75) is 360 Å². The van der Waals surface area contributed by atoms with Crippen molar-refractivity contribution in [2.24, 2.45) is 0 Å². The van der Waals surface area contributed by atoms with Gasteiger partial charge in [-0.05, 0) is 57.8 Å². The minimum atomic E-state index is -4.58. The lowest BCUT2D eigenvalue weighted by atomic mass is 10.0. The topological polar surface area (TPSA) is 108 Å². The first-order valence-corrected chi connectivity index (χ1v) is 37.1. The first-order valence-electron chi connectivity index (χ1n) is 35.6. The Kier molecular flexibility index (Phi) is 62.3. The molecule has 0 radical (unpaired) electrons. The van der Waals surface area contributed by atoms with Gasteiger partial charge in [0, 0.05) is 6.42 Å². The molecule has 0 aliphatic rings. The Labute approximate surface area is 511 Å². The molecule has 2 N–H and O–H groups in total. The number of nitrogens with one attached hydrogen (secondary N) is 1. The lowest BCUT2D eigenvalue weighted by Gasteiger charge is -2.30. The number of likely N-dealkylation sites (N-methyl/N-ethyl adjacent to an activating group) is 1. The van der Waals surface area contributed by atoms with Crippen LogP contribution in [0.2, 0.25) is 0 Å². The van der Waals surface area contributed by atoms with Crippen LogP contribution in [0.25, 0.3) is 0 Å². The quantitative estimate of drug-likeness (QED) is 0.0272. The fourth-order valence-corrected chi connectivity index (χ4v) is 11.5. The fraction of sp³-hybridized carbons (Fsp3) is 0.849. The Morgan fingerprint density at radius 1 is 0.439 bits per heavy atom. The summed E-state index contributed by atoms with van der Waals surface area (Å²) in [5.74, 6) is -0.158. The van der Waals surface area contributed by atoms with Crippen molar-refractivity contribution in [1.29, 1.82) is 0 Å². The van der Waals surface area contributed by atoms with E-state index < -0.39 is 20.0 Å². The van der Waals surface area contributed by atoms with Gasteiger partial charge in [-0.15, -0.1) is 0 Å². The van der Waals surface area contributed by atoms with Gasteiger partial charge in [-0.1, -0.05) is 344 Å². The second kappa shape index (κ2) is 63.7. The van der Waals surface area contributed by atoms with Gasteiger partial charge in [-0.2, -0.15) is 0 Å². The van der Waals surface area contributed by atoms with Gasteiger partial charge in [0.25, 0.3) is 7.82 Å². The van der Waals surface area contributed by atoms with Crippen molar-refractivity contribution in [1.82, 2.24) is 5.32 Å². The van der Waals surface area contributed by atoms with Crippen molar-refractivity contribution in [3.8, 4) is 0 Å². The lowest BCUT2D eigenvalue weighted by Crippen LogP contribution is -2.46. The number of nitrogens with zero attached hydrogens (tertiary/aromatic N) is 1. The van der Waals surface area contributed by atoms with Crippen LogP contribution in [0.3, 0.4) is 0 Å². The molecule has 3 unspecified atom stereocenters. The normalized spacial score (nSPS) is 14.0. The molecule has 8 nitrogen and oxygen atoms in total. The molecule has 9 heteroatoms. The Morgan fingerprint density at radius 3 is 1.09 bits per heavy atom. The van der Waals surface area contributed by atoms with Crippen LogP contribution >= 0.6 is 7.82 Å². The molecular formula is C73H139N2O6P. The maximum Gasteiger partial charge on any atom is 0.268 e. The van der Waals surface area contributed by atoms with Crippen LogP contribution in [0.4, 0.5) is 0 Å². The highest BCUT2D eigenvalue weighted by Gasteiger charge is 2.24. The molecule has 3 atom stereocenters. The highest BCUT2D eigenvalue weighted by Crippen LogP contribution is 2.38. The summed E-state index contributed by atoms with van der Waals surface area (Å²) in [5, 5.41) is 14.1. The number of carbonyl (C=O) groups is 1. The third-order valence-electron chi connectivity index (χ3n) is 16.3. The predicted octanol–water partition coefficient (Wildman–Crippen LogP) is 22.1. The number of allylic oxidation sites excluding steroid dienone is 10. The number of carbonyl (C=O) groups excluding carboxylic acids is 1. The van der Waals surface area contributed by atoms with Crippen molar-refractivity contribution in [3.63, 3.8) is 0 Å². The number of unbranched alkanes of at least 4 members (excludes halogenated alkanes) is 43. The van der Waals surface area contributed by atoms with E-state index in [1.807, 2.05) is 21.1 Å². The summed E-state index contributed by atoms with van der Waals surface area (Å²) in [7, 11) is 1.32. The zero-order chi connectivity index (χ0) is 59.8. The molecule has 482 valence electrons. The summed E-state index contributed by atoms with van der Waals surface area (Å²) in [6, 6.07) is -0.800. The molecule has 0 aromatic carbocycles. The van der Waals surface area contributed by atoms with Crippen LogP contribution in [0.5, 0.6) is 0 Å². The van der Waals surface area contributed by atoms with Crippen LogP contribution in [0, 0.1) is 0 Å². The molecule has 82 heavy (non-hydrogen) atoms. The summed E-state index contributed by atoms with van der Waals surface area (Å²) in [5.41, 5.74) is 0. The number of phosphoric ester groups is 1. The fourth-order valence-electron chi connectivity index (χ4n) is 10.8. The maximum atomic E-state index is 13.0. The molecule has 0 aliphatic heterocycles. The minimum absolute atomic E-state index is 0.0140. The summed E-state index contributed by atoms with van der Waals surface area (Å²) >= 11 is 0. The molecule has 0 rings (SSSR count). The summed E-state index contributed by atoms with van der Waals surface area (Å²) < 4.78 is 23.5. The maximum absolute atomic E-state index is 13.0. The van der Waals surface area contributed by atoms with E-state index in [9.17, 15) is 19.4 Å². The van der Waals surface area contributed by atoms with E-state index in [-0.39, 0.29) is 19.1 Å². The summed E-state index contributed by atoms with van der Waals surface area (Å²) in [6.45, 7) is 4.65. The average molecular weight is 1170 g/mol. The molecular weight excluding hydrogens is 1030 g/mol. The largest absolute Gasteiger partial charge is 0.756 e. The van der Waals surface area contributed by atoms with Gasteiger partial charge in [-0.3, -0.25) is 9.36 Å². The van der Waals surface area contributed by atoms with Crippen molar-refractivity contribution >= 4 is 13.7 Å². The van der Waals surface area contributed by atoms with E-state index >= 15 is 0 Å². The van der Waals surface area contributed by atoms with Gasteiger partial charge in [0.2, 0.25) is 5.91 Å². The third-order valence-corrected chi connectivity index (χ3v) is 17.2. The summed E-state index contributed by atoms with van der Waals surface area (Å²) in [4.78, 5) is 25.6. The zero-order valence-corrected chi connectivity index (χ0v) is 56.1. The third kappa shape index (κ3) is 65.7. The van der Waals surface area contributed by atoms with E-state index in [0.717, 1.165) is 70.6 Å². The molecule has 0 heterocycles. The number of aliphatic hydroxyl groups is 1. The van der Waals surface area contributed by atoms with Gasteiger partial charge < -0.3 is 28.8 Å². The standard InChI is InChI=1S/C73H139N2O6P/c1-6-8-10-12-14-16-18-20-22-24-26-27-28-29-30-31-32-33-34-35-36-37-38-39-40-41-42-43-44-45-46-47-49-51-53-55-57-59-61-63-65-67-73(77)74-71(70-81-82(78,79)80-69-68-75(3,4)5)72(76)66-64-62-60-58-56-54-52-50-48-25-23-21-19-17-15-13-11-9-7-2/h8,10,14,16,20,22,26-27,29-30,71-72,76H,6-7,9,11-13,15,17-19,21,23-25,28,31-70H2,1-5H3,(H-,74,77,78,79)/b10-8-,16-14-,22-20-,27-26-,30-29-. The Balaban J connectivity index is 3.89. The number of rotatable bonds is 66. The second-order valence-corrected chi connectivity index (χ2v) is 27.0. The molecule has 0 aromatic rings. The first kappa shape index (κ1) is 80.2. The number of amides is 1. The SMILES string of the molecule is CC/C=C\C/C=C\C/C=C\C/C=C\C/C=C\CCCCCCCCCCCCCCCCCCCCCCCCCCCC(=O)NC(COP(=O)([O-])OCC[N+](C)(C)C)C(O)CCCCCCCCCCCCCCCCCCCCC. The van der Waals surface area contributed by atoms with Crippen LogP contribution in [-0.2, 0) is 18.4 Å². The number of hydrogen-bond donors (Lipinski definition) is 2. The zero-order valence-electron chi connectivity index (χ0n) is 55.2. The van der Waals surface area contributed by atoms with E-state index in [0.29, 0.717) is 23.9 Å². The van der Waals surface area contributed by atoms with Gasteiger partial charge in [0.1, 0.15) is 13.2 Å². The van der Waals surface area contributed by atoms with Crippen LogP contribution in [0.15, 0.2) is 60.8 Å². The average Bonchev–Trinajstić information content (AvgIpc) is 3.47. The van der Waals surface area contributed by atoms with Crippen LogP contribution < -0.4 is 10.2 Å². The van der Waals surface area contributed by atoms with E-state index in [1.54, 1.807) is 0 Å². The Morgan fingerprint density at radius 2 is 0.744 bits per heavy atom. The molecule has 0 fully saturated rings. The number of aliphatic hydroxyl groups excluding tert-OH is 1. The van der Waals surface area contributed by atoms with Gasteiger partial charge in [-0.25, -0.2) is 0 Å². The van der Waals surface area contributed by atoms with Gasteiger partial charge in [0.15, 0.2) is 0 Å². The Bertz CT molecular complexity index is 1520. The lowest BCUT2D eigenvalue weighted by molar-refractivity contribution is -0.870. The Hall–Kier alpha value is -1.80. The molecule has 0 aliphatic carbocycles. The smallest absolute Gasteiger partial charge is 0.268 e. The molecule has 1 amide bonds. The highest BCUT2D eigenvalue weighted by atomic mass is 31.2. The van der Waals surface area contributed by atoms with Crippen molar-refractivity contribution < 1.29 is 32.9 Å². The van der Waals surface area contributed by atoms with Crippen LogP contribution in [-0.4, -0.2) is 68.5 Å². The molecule has 0 saturated heterocycles. The molecule has 0 spiro atoms. The van der Waals surface area contributed by atoms with Gasteiger partial charge >= 0.3 is 0 Å². The number of quaternary nitrogens is 1. The molecule has 0 bridgehead atoms. The van der Waals surface area contributed by atoms with E-state index in [1.165, 1.54) is 250 Å². The first-order chi connectivity index (χ1) is 40.0. The monoisotopic (exact) mass is 1170 g/mol. The summed E-state index contributed by atoms with van der Waals surface area (Å²) in [6.07, 6.45) is 87.4. The minimum Gasteiger partial charge on any atom is -0.756 e. The van der Waals surface area contributed by atoms with Crippen molar-refractivity contribution in [2.75, 3.05) is 40.9 Å². The molecule has 0 aromatic heterocycles. The number of phosphoric acid groups is 1. The predicted molar refractivity (Wildman–Crippen MR) is 357 cm³/mol. The highest BCUT2D eigenvalue weighted by molar-refractivity contribution is 7.45.